The molecular weight excluding hydrogens is 250 g/mol. The van der Waals surface area contributed by atoms with Gasteiger partial charge < -0.3 is 9.80 Å². The molecule has 1 unspecified atom stereocenters. The van der Waals surface area contributed by atoms with E-state index in [4.69, 9.17) is 0 Å². The van der Waals surface area contributed by atoms with Crippen molar-refractivity contribution in [1.82, 2.24) is 15.1 Å². The molecule has 3 fully saturated rings. The van der Waals surface area contributed by atoms with Gasteiger partial charge in [0.2, 0.25) is 5.91 Å². The van der Waals surface area contributed by atoms with E-state index in [2.05, 4.69) is 29.0 Å². The molecule has 2 heterocycles. The van der Waals surface area contributed by atoms with Gasteiger partial charge in [-0.25, -0.2) is 0 Å². The summed E-state index contributed by atoms with van der Waals surface area (Å²) >= 11 is 0. The molecule has 3 rings (SSSR count). The number of hydrogen-bond acceptors (Lipinski definition) is 3. The minimum Gasteiger partial charge on any atom is -0.324 e. The highest BCUT2D eigenvalue weighted by Crippen LogP contribution is 2.37. The molecule has 1 aliphatic carbocycles. The zero-order chi connectivity index (χ0) is 14.2. The standard InChI is InChI=1S/C16H29N3O/c1-13(2)14-17-16(7-3-4-8-16)15(20)19(14)12-11-18-9-5-6-10-18/h13-14,17H,3-12H2,1-2H3. The molecule has 0 bridgehead atoms. The maximum atomic E-state index is 12.9. The Bertz CT molecular complexity index is 357. The lowest BCUT2D eigenvalue weighted by atomic mass is 9.98. The lowest BCUT2D eigenvalue weighted by molar-refractivity contribution is -0.133. The van der Waals surface area contributed by atoms with Gasteiger partial charge in [0.25, 0.3) is 0 Å². The van der Waals surface area contributed by atoms with Gasteiger partial charge in [0.1, 0.15) is 0 Å². The molecule has 2 aliphatic heterocycles. The third kappa shape index (κ3) is 2.48. The Hall–Kier alpha value is -0.610. The van der Waals surface area contributed by atoms with E-state index in [1.807, 2.05) is 0 Å². The number of nitrogens with zero attached hydrogens (tertiary/aromatic N) is 2. The van der Waals surface area contributed by atoms with E-state index in [1.165, 1.54) is 38.8 Å². The third-order valence-electron chi connectivity index (χ3n) is 5.37. The molecule has 0 radical (unpaired) electrons. The van der Waals surface area contributed by atoms with Crippen LogP contribution in [0.4, 0.5) is 0 Å². The largest absolute Gasteiger partial charge is 0.324 e. The van der Waals surface area contributed by atoms with E-state index >= 15 is 0 Å². The van der Waals surface area contributed by atoms with E-state index in [-0.39, 0.29) is 11.7 Å². The molecule has 20 heavy (non-hydrogen) atoms. The highest BCUT2D eigenvalue weighted by molar-refractivity contribution is 5.89. The van der Waals surface area contributed by atoms with Crippen LogP contribution in [0.25, 0.3) is 0 Å². The maximum Gasteiger partial charge on any atom is 0.244 e. The highest BCUT2D eigenvalue weighted by atomic mass is 16.2. The molecule has 2 saturated heterocycles. The average molecular weight is 279 g/mol. The molecule has 4 nitrogen and oxygen atoms in total. The Morgan fingerprint density at radius 2 is 1.80 bits per heavy atom. The topological polar surface area (TPSA) is 35.6 Å². The van der Waals surface area contributed by atoms with Gasteiger partial charge in [-0.15, -0.1) is 0 Å². The fourth-order valence-electron chi connectivity index (χ4n) is 4.18. The smallest absolute Gasteiger partial charge is 0.244 e. The van der Waals surface area contributed by atoms with Crippen LogP contribution in [0.15, 0.2) is 0 Å². The Morgan fingerprint density at radius 1 is 1.15 bits per heavy atom. The van der Waals surface area contributed by atoms with Gasteiger partial charge in [-0.1, -0.05) is 26.7 Å². The maximum absolute atomic E-state index is 12.9. The van der Waals surface area contributed by atoms with Crippen molar-refractivity contribution in [3.8, 4) is 0 Å². The Morgan fingerprint density at radius 3 is 2.40 bits per heavy atom. The molecule has 3 aliphatic rings. The number of carbonyl (C=O) groups excluding carboxylic acids is 1. The monoisotopic (exact) mass is 279 g/mol. The molecule has 1 amide bonds. The van der Waals surface area contributed by atoms with Crippen molar-refractivity contribution in [2.45, 2.75) is 64.1 Å². The summed E-state index contributed by atoms with van der Waals surface area (Å²) in [6, 6.07) is 0. The molecule has 4 heteroatoms. The van der Waals surface area contributed by atoms with E-state index in [0.29, 0.717) is 11.8 Å². The van der Waals surface area contributed by atoms with E-state index in [1.54, 1.807) is 0 Å². The molecule has 0 aromatic carbocycles. The highest BCUT2D eigenvalue weighted by Gasteiger charge is 2.52. The molecule has 0 aromatic rings. The van der Waals surface area contributed by atoms with Gasteiger partial charge in [-0.2, -0.15) is 0 Å². The van der Waals surface area contributed by atoms with E-state index < -0.39 is 0 Å². The minimum absolute atomic E-state index is 0.208. The second-order valence-corrected chi connectivity index (χ2v) is 7.17. The van der Waals surface area contributed by atoms with Crippen molar-refractivity contribution in [1.29, 1.82) is 0 Å². The first-order valence-electron chi connectivity index (χ1n) is 8.43. The van der Waals surface area contributed by atoms with Gasteiger partial charge in [0.15, 0.2) is 0 Å². The number of amides is 1. The van der Waals surface area contributed by atoms with E-state index in [9.17, 15) is 4.79 Å². The van der Waals surface area contributed by atoms with Crippen molar-refractivity contribution in [2.24, 2.45) is 5.92 Å². The summed E-state index contributed by atoms with van der Waals surface area (Å²) in [4.78, 5) is 17.5. The lowest BCUT2D eigenvalue weighted by Gasteiger charge is -2.29. The predicted octanol–water partition coefficient (Wildman–Crippen LogP) is 1.81. The lowest BCUT2D eigenvalue weighted by Crippen LogP contribution is -2.46. The minimum atomic E-state index is -0.208. The van der Waals surface area contributed by atoms with Gasteiger partial charge in [0.05, 0.1) is 11.7 Å². The Balaban J connectivity index is 1.67. The molecule has 0 aromatic heterocycles. The normalized spacial score (nSPS) is 30.2. The first kappa shape index (κ1) is 14.3. The van der Waals surface area contributed by atoms with Crippen LogP contribution < -0.4 is 5.32 Å². The average Bonchev–Trinajstić information content (AvgIpc) is 3.13. The SMILES string of the molecule is CC(C)C1NC2(CCCC2)C(=O)N1CCN1CCCC1. The first-order chi connectivity index (χ1) is 9.62. The van der Waals surface area contributed by atoms with Crippen LogP contribution in [0, 0.1) is 5.92 Å². The van der Waals surface area contributed by atoms with Gasteiger partial charge in [0, 0.05) is 13.1 Å². The van der Waals surface area contributed by atoms with Crippen LogP contribution in [0.2, 0.25) is 0 Å². The van der Waals surface area contributed by atoms with Crippen molar-refractivity contribution in [3.63, 3.8) is 0 Å². The van der Waals surface area contributed by atoms with Gasteiger partial charge in [-0.3, -0.25) is 10.1 Å². The Kier molecular flexibility index (Phi) is 4.04. The van der Waals surface area contributed by atoms with Crippen molar-refractivity contribution >= 4 is 5.91 Å². The van der Waals surface area contributed by atoms with Gasteiger partial charge >= 0.3 is 0 Å². The second-order valence-electron chi connectivity index (χ2n) is 7.17. The first-order valence-corrected chi connectivity index (χ1v) is 8.43. The fourth-order valence-corrected chi connectivity index (χ4v) is 4.18. The summed E-state index contributed by atoms with van der Waals surface area (Å²) in [5, 5.41) is 3.70. The molecule has 1 spiro atoms. The van der Waals surface area contributed by atoms with Crippen molar-refractivity contribution < 1.29 is 4.79 Å². The van der Waals surface area contributed by atoms with Gasteiger partial charge in [-0.05, 0) is 44.7 Å². The molecule has 114 valence electrons. The summed E-state index contributed by atoms with van der Waals surface area (Å²) in [5.41, 5.74) is -0.208. The van der Waals surface area contributed by atoms with Crippen LogP contribution in [-0.2, 0) is 4.79 Å². The van der Waals surface area contributed by atoms with E-state index in [0.717, 1.165) is 25.9 Å². The quantitative estimate of drug-likeness (QED) is 0.852. The zero-order valence-electron chi connectivity index (χ0n) is 13.0. The summed E-state index contributed by atoms with van der Waals surface area (Å²) < 4.78 is 0. The van der Waals surface area contributed by atoms with Crippen molar-refractivity contribution in [2.75, 3.05) is 26.2 Å². The van der Waals surface area contributed by atoms with Crippen LogP contribution >= 0.6 is 0 Å². The number of carbonyl (C=O) groups is 1. The molecule has 1 saturated carbocycles. The zero-order valence-corrected chi connectivity index (χ0v) is 13.0. The summed E-state index contributed by atoms with van der Waals surface area (Å²) in [5.74, 6) is 0.866. The fraction of sp³-hybridized carbons (Fsp3) is 0.938. The Labute approximate surface area is 122 Å². The van der Waals surface area contributed by atoms with Crippen LogP contribution in [0.1, 0.15) is 52.4 Å². The van der Waals surface area contributed by atoms with Crippen molar-refractivity contribution in [3.05, 3.63) is 0 Å². The number of rotatable bonds is 4. The number of likely N-dealkylation sites (tertiary alicyclic amines) is 1. The summed E-state index contributed by atoms with van der Waals surface area (Å²) in [6.07, 6.45) is 7.36. The molecule has 1 atom stereocenters. The summed E-state index contributed by atoms with van der Waals surface area (Å²) in [6.45, 7) is 8.83. The van der Waals surface area contributed by atoms with Crippen LogP contribution in [0.3, 0.4) is 0 Å². The van der Waals surface area contributed by atoms with Crippen LogP contribution in [0.5, 0.6) is 0 Å². The molecular formula is C16H29N3O. The predicted molar refractivity (Wildman–Crippen MR) is 80.3 cm³/mol. The summed E-state index contributed by atoms with van der Waals surface area (Å²) in [7, 11) is 0. The van der Waals surface area contributed by atoms with Crippen LogP contribution in [-0.4, -0.2) is 53.6 Å². The second kappa shape index (κ2) is 5.64. The number of nitrogens with one attached hydrogen (secondary N) is 1. The number of hydrogen-bond donors (Lipinski definition) is 1. The third-order valence-corrected chi connectivity index (χ3v) is 5.37. The molecule has 1 N–H and O–H groups in total.